The van der Waals surface area contributed by atoms with Gasteiger partial charge in [0, 0.05) is 23.8 Å². The molecular formula is C23H24N4O2S. The van der Waals surface area contributed by atoms with Gasteiger partial charge in [0.15, 0.2) is 5.13 Å². The number of carbonyl (C=O) groups is 1. The number of amides is 1. The first-order chi connectivity index (χ1) is 14.7. The maximum absolute atomic E-state index is 12.4. The third-order valence-electron chi connectivity index (χ3n) is 6.03. The number of ether oxygens (including phenoxy) is 1. The summed E-state index contributed by atoms with van der Waals surface area (Å²) in [6, 6.07) is 15.6. The minimum atomic E-state index is -0.337. The summed E-state index contributed by atoms with van der Waals surface area (Å²) in [5, 5.41) is 6.46. The number of rotatable bonds is 5. The van der Waals surface area contributed by atoms with Gasteiger partial charge >= 0.3 is 6.09 Å². The van der Waals surface area contributed by atoms with Crippen LogP contribution < -0.4 is 10.2 Å². The number of thiazole rings is 1. The second kappa shape index (κ2) is 8.07. The molecule has 0 radical (unpaired) electrons. The second-order valence-electron chi connectivity index (χ2n) is 8.05. The Bertz CT molecular complexity index is 1000. The van der Waals surface area contributed by atoms with Crippen LogP contribution in [0.2, 0.25) is 0 Å². The van der Waals surface area contributed by atoms with Crippen LogP contribution in [0.5, 0.6) is 0 Å². The quantitative estimate of drug-likeness (QED) is 0.614. The lowest BCUT2D eigenvalue weighted by Gasteiger charge is -2.35. The summed E-state index contributed by atoms with van der Waals surface area (Å²) < 4.78 is 5.87. The van der Waals surface area contributed by atoms with Gasteiger partial charge in [-0.1, -0.05) is 24.3 Å². The van der Waals surface area contributed by atoms with E-state index in [1.54, 1.807) is 22.4 Å². The highest BCUT2D eigenvalue weighted by Crippen LogP contribution is 2.40. The van der Waals surface area contributed by atoms with Gasteiger partial charge in [-0.25, -0.2) is 9.78 Å². The number of aromatic nitrogens is 2. The van der Waals surface area contributed by atoms with Crippen molar-refractivity contribution in [1.29, 1.82) is 0 Å². The van der Waals surface area contributed by atoms with E-state index in [4.69, 9.17) is 4.74 Å². The number of hydrogen-bond acceptors (Lipinski definition) is 6. The number of hydrogen-bond donors (Lipinski definition) is 1. The highest BCUT2D eigenvalue weighted by Gasteiger charge is 2.47. The van der Waals surface area contributed by atoms with E-state index in [0.29, 0.717) is 12.5 Å². The van der Waals surface area contributed by atoms with E-state index in [1.165, 1.54) is 0 Å². The molecule has 5 rings (SSSR count). The van der Waals surface area contributed by atoms with Crippen molar-refractivity contribution in [2.45, 2.75) is 31.3 Å². The lowest BCUT2D eigenvalue weighted by atomic mass is 9.78. The van der Waals surface area contributed by atoms with Crippen molar-refractivity contribution >= 4 is 28.2 Å². The van der Waals surface area contributed by atoms with Crippen molar-refractivity contribution in [3.8, 4) is 11.4 Å². The van der Waals surface area contributed by atoms with E-state index >= 15 is 0 Å². The fourth-order valence-corrected chi connectivity index (χ4v) is 5.03. The smallest absolute Gasteiger partial charge is 0.415 e. The van der Waals surface area contributed by atoms with Crippen LogP contribution in [-0.4, -0.2) is 34.8 Å². The van der Waals surface area contributed by atoms with E-state index in [1.807, 2.05) is 53.9 Å². The summed E-state index contributed by atoms with van der Waals surface area (Å²) in [7, 11) is 0. The Labute approximate surface area is 179 Å². The van der Waals surface area contributed by atoms with Crippen molar-refractivity contribution < 1.29 is 9.53 Å². The van der Waals surface area contributed by atoms with Gasteiger partial charge in [-0.2, -0.15) is 0 Å². The normalized spacial score (nSPS) is 23.5. The molecule has 3 heterocycles. The van der Waals surface area contributed by atoms with E-state index in [0.717, 1.165) is 54.4 Å². The van der Waals surface area contributed by atoms with Gasteiger partial charge in [-0.3, -0.25) is 9.88 Å². The molecule has 2 aromatic heterocycles. The Kier molecular flexibility index (Phi) is 5.12. The van der Waals surface area contributed by atoms with E-state index in [-0.39, 0.29) is 11.7 Å². The lowest BCUT2D eigenvalue weighted by Crippen LogP contribution is -2.39. The Morgan fingerprint density at radius 2 is 1.90 bits per heavy atom. The van der Waals surface area contributed by atoms with Gasteiger partial charge in [0.1, 0.15) is 11.3 Å². The van der Waals surface area contributed by atoms with Crippen LogP contribution in [0.15, 0.2) is 60.1 Å². The number of benzene rings is 1. The van der Waals surface area contributed by atoms with Crippen molar-refractivity contribution in [3.05, 3.63) is 60.1 Å². The molecule has 1 amide bonds. The minimum Gasteiger partial charge on any atom is -0.441 e. The Morgan fingerprint density at radius 3 is 2.67 bits per heavy atom. The second-order valence-corrected chi connectivity index (χ2v) is 8.91. The summed E-state index contributed by atoms with van der Waals surface area (Å²) in [4.78, 5) is 23.2. The molecule has 154 valence electrons. The van der Waals surface area contributed by atoms with Crippen LogP contribution in [0.25, 0.3) is 11.4 Å². The van der Waals surface area contributed by atoms with E-state index in [2.05, 4.69) is 15.3 Å². The van der Waals surface area contributed by atoms with Crippen molar-refractivity contribution in [2.75, 3.05) is 23.3 Å². The maximum Gasteiger partial charge on any atom is 0.415 e. The van der Waals surface area contributed by atoms with Crippen LogP contribution in [0.1, 0.15) is 25.7 Å². The summed E-state index contributed by atoms with van der Waals surface area (Å²) in [5.41, 5.74) is 2.38. The molecule has 6 nitrogen and oxygen atoms in total. The number of carbonyl (C=O) groups excluding carboxylic acids is 1. The third-order valence-corrected chi connectivity index (χ3v) is 6.83. The molecular weight excluding hydrogens is 396 g/mol. The molecule has 1 aliphatic carbocycles. The third kappa shape index (κ3) is 3.89. The Hall–Kier alpha value is -2.93. The predicted octanol–water partition coefficient (Wildman–Crippen LogP) is 5.20. The van der Waals surface area contributed by atoms with Gasteiger partial charge in [-0.15, -0.1) is 11.3 Å². The minimum absolute atomic E-state index is 0.220. The Morgan fingerprint density at radius 1 is 1.10 bits per heavy atom. The lowest BCUT2D eigenvalue weighted by molar-refractivity contribution is 0.0148. The first kappa shape index (κ1) is 19.1. The number of nitrogens with one attached hydrogen (secondary N) is 1. The predicted molar refractivity (Wildman–Crippen MR) is 119 cm³/mol. The number of nitrogens with zero attached hydrogens (tertiary/aromatic N) is 3. The molecule has 0 bridgehead atoms. The standard InChI is InChI=1S/C23H24N4O2S/c28-22-27(18-6-2-1-3-7-18)16-23(29-22)11-9-17(10-12-23)14-25-21-26-20(15-30-21)19-8-4-5-13-24-19/h1-8,13,15,17H,9-12,14,16H2,(H,25,26)/t17-,23+. The topological polar surface area (TPSA) is 67.3 Å². The van der Waals surface area contributed by atoms with Gasteiger partial charge in [-0.05, 0) is 55.9 Å². The number of para-hydroxylation sites is 1. The molecule has 1 aromatic carbocycles. The molecule has 7 heteroatoms. The SMILES string of the molecule is O=C1O[C@]2(CC[C@@H](CNc3nc(-c4ccccn4)cs3)CC2)CN1c1ccccc1. The first-order valence-electron chi connectivity index (χ1n) is 10.4. The van der Waals surface area contributed by atoms with Crippen molar-refractivity contribution in [1.82, 2.24) is 9.97 Å². The van der Waals surface area contributed by atoms with Crippen LogP contribution in [0.3, 0.4) is 0 Å². The molecule has 0 unspecified atom stereocenters. The fraction of sp³-hybridized carbons (Fsp3) is 0.348. The van der Waals surface area contributed by atoms with Crippen molar-refractivity contribution in [3.63, 3.8) is 0 Å². The molecule has 30 heavy (non-hydrogen) atoms. The molecule has 2 aliphatic rings. The average molecular weight is 421 g/mol. The zero-order valence-corrected chi connectivity index (χ0v) is 17.5. The molecule has 3 aromatic rings. The fourth-order valence-electron chi connectivity index (χ4n) is 4.32. The van der Waals surface area contributed by atoms with Crippen LogP contribution in [0.4, 0.5) is 15.6 Å². The maximum atomic E-state index is 12.4. The average Bonchev–Trinajstić information content (AvgIpc) is 3.39. The van der Waals surface area contributed by atoms with E-state index in [9.17, 15) is 4.79 Å². The van der Waals surface area contributed by atoms with Crippen molar-refractivity contribution in [2.24, 2.45) is 5.92 Å². The number of anilines is 2. The van der Waals surface area contributed by atoms with Gasteiger partial charge in [0.05, 0.1) is 12.2 Å². The monoisotopic (exact) mass is 420 g/mol. The highest BCUT2D eigenvalue weighted by molar-refractivity contribution is 7.14. The Balaban J connectivity index is 1.15. The van der Waals surface area contributed by atoms with E-state index < -0.39 is 0 Å². The zero-order chi connectivity index (χ0) is 20.4. The molecule has 0 atom stereocenters. The summed E-state index contributed by atoms with van der Waals surface area (Å²) in [6.45, 7) is 1.54. The molecule has 2 fully saturated rings. The van der Waals surface area contributed by atoms with Gasteiger partial charge < -0.3 is 10.1 Å². The van der Waals surface area contributed by atoms with Gasteiger partial charge in [0.2, 0.25) is 0 Å². The van der Waals surface area contributed by atoms with Crippen LogP contribution in [0, 0.1) is 5.92 Å². The summed E-state index contributed by atoms with van der Waals surface area (Å²) >= 11 is 1.61. The number of pyridine rings is 1. The van der Waals surface area contributed by atoms with Gasteiger partial charge in [0.25, 0.3) is 0 Å². The zero-order valence-electron chi connectivity index (χ0n) is 16.7. The molecule has 1 spiro atoms. The first-order valence-corrected chi connectivity index (χ1v) is 11.3. The summed E-state index contributed by atoms with van der Waals surface area (Å²) in [5.74, 6) is 0.558. The van der Waals surface area contributed by atoms with Crippen LogP contribution in [-0.2, 0) is 4.74 Å². The molecule has 1 aliphatic heterocycles. The molecule has 1 saturated carbocycles. The molecule has 1 N–H and O–H groups in total. The highest BCUT2D eigenvalue weighted by atomic mass is 32.1. The largest absolute Gasteiger partial charge is 0.441 e. The van der Waals surface area contributed by atoms with Crippen LogP contribution >= 0.6 is 11.3 Å². The summed E-state index contributed by atoms with van der Waals surface area (Å²) in [6.07, 6.45) is 5.47. The molecule has 1 saturated heterocycles.